The van der Waals surface area contributed by atoms with Crippen LogP contribution in [0.3, 0.4) is 0 Å². The molecule has 0 aliphatic carbocycles. The predicted molar refractivity (Wildman–Crippen MR) is 42.0 cm³/mol. The molecule has 0 aromatic carbocycles. The molecule has 4 N–H and O–H groups in total. The molecule has 0 aliphatic rings. The minimum Gasteiger partial charge on any atom is -0.481 e. The summed E-state index contributed by atoms with van der Waals surface area (Å²) < 4.78 is 35.6. The van der Waals surface area contributed by atoms with Gasteiger partial charge in [-0.15, -0.1) is 0 Å². The van der Waals surface area contributed by atoms with E-state index >= 15 is 0 Å². The molecule has 0 amide bonds. The lowest BCUT2D eigenvalue weighted by molar-refractivity contribution is -0.165. The van der Waals surface area contributed by atoms with Crippen LogP contribution in [-0.4, -0.2) is 34.4 Å². The molecule has 8 heteroatoms. The monoisotopic (exact) mass is 229 g/mol. The molecule has 5 nitrogen and oxygen atoms in total. The van der Waals surface area contributed by atoms with Gasteiger partial charge >= 0.3 is 18.1 Å². The number of aliphatic carboxylic acids is 2. The van der Waals surface area contributed by atoms with E-state index in [1.54, 1.807) is 0 Å². The number of hydrogen-bond donors (Lipinski definition) is 3. The number of carbonyl (C=O) groups is 2. The topological polar surface area (TPSA) is 101 Å². The van der Waals surface area contributed by atoms with Gasteiger partial charge in [0.05, 0.1) is 12.3 Å². The zero-order chi connectivity index (χ0) is 12.2. The number of alkyl halides is 3. The maximum Gasteiger partial charge on any atom is 0.389 e. The van der Waals surface area contributed by atoms with Crippen molar-refractivity contribution in [2.24, 2.45) is 11.7 Å². The van der Waals surface area contributed by atoms with E-state index in [1.165, 1.54) is 0 Å². The third-order valence-electron chi connectivity index (χ3n) is 1.68. The summed E-state index contributed by atoms with van der Waals surface area (Å²) in [5, 5.41) is 16.7. The number of hydrogen-bond acceptors (Lipinski definition) is 3. The van der Waals surface area contributed by atoms with Crippen LogP contribution >= 0.6 is 0 Å². The highest BCUT2D eigenvalue weighted by Gasteiger charge is 2.36. The van der Waals surface area contributed by atoms with Crippen molar-refractivity contribution in [1.82, 2.24) is 0 Å². The molecule has 15 heavy (non-hydrogen) atoms. The van der Waals surface area contributed by atoms with E-state index in [9.17, 15) is 22.8 Å². The van der Waals surface area contributed by atoms with Crippen LogP contribution in [0.4, 0.5) is 13.2 Å². The van der Waals surface area contributed by atoms with E-state index in [0.717, 1.165) is 0 Å². The highest BCUT2D eigenvalue weighted by Crippen LogP contribution is 2.27. The summed E-state index contributed by atoms with van der Waals surface area (Å²) in [6.07, 6.45) is -6.98. The van der Waals surface area contributed by atoms with Crippen LogP contribution in [0.25, 0.3) is 0 Å². The predicted octanol–water partition coefficient (Wildman–Crippen LogP) is 0.442. The summed E-state index contributed by atoms with van der Waals surface area (Å²) in [6, 6.07) is -1.60. The van der Waals surface area contributed by atoms with Crippen LogP contribution in [0.15, 0.2) is 0 Å². The van der Waals surface area contributed by atoms with Gasteiger partial charge in [-0.3, -0.25) is 9.59 Å². The van der Waals surface area contributed by atoms with Crippen molar-refractivity contribution in [2.45, 2.75) is 25.1 Å². The van der Waals surface area contributed by atoms with Gasteiger partial charge in [0, 0.05) is 0 Å². The summed E-state index contributed by atoms with van der Waals surface area (Å²) in [5.41, 5.74) is 4.94. The van der Waals surface area contributed by atoms with Crippen LogP contribution in [0, 0.1) is 5.92 Å². The van der Waals surface area contributed by atoms with Crippen molar-refractivity contribution in [2.75, 3.05) is 0 Å². The van der Waals surface area contributed by atoms with Gasteiger partial charge in [-0.25, -0.2) is 0 Å². The largest absolute Gasteiger partial charge is 0.481 e. The SMILES string of the molecule is N[C@@H](CC(CC(F)(F)F)C(=O)O)C(=O)O. The van der Waals surface area contributed by atoms with Crippen molar-refractivity contribution >= 4 is 11.9 Å². The Labute approximate surface area is 82.7 Å². The fraction of sp³-hybridized carbons (Fsp3) is 0.714. The molecular weight excluding hydrogens is 219 g/mol. The maximum atomic E-state index is 11.9. The second-order valence-electron chi connectivity index (χ2n) is 3.03. The number of carboxylic acid groups (broad SMARTS) is 2. The molecular formula is C7H10F3NO4. The van der Waals surface area contributed by atoms with Crippen LogP contribution in [0.1, 0.15) is 12.8 Å². The van der Waals surface area contributed by atoms with Crippen molar-refractivity contribution < 1.29 is 33.0 Å². The van der Waals surface area contributed by atoms with Gasteiger partial charge in [0.25, 0.3) is 0 Å². The maximum absolute atomic E-state index is 11.9. The number of nitrogens with two attached hydrogens (primary N) is 1. The average molecular weight is 229 g/mol. The van der Waals surface area contributed by atoms with Crippen LogP contribution in [0.2, 0.25) is 0 Å². The molecule has 0 aliphatic heterocycles. The zero-order valence-corrected chi connectivity index (χ0v) is 7.49. The lowest BCUT2D eigenvalue weighted by Crippen LogP contribution is -2.36. The first-order valence-electron chi connectivity index (χ1n) is 3.91. The summed E-state index contributed by atoms with van der Waals surface area (Å²) >= 11 is 0. The van der Waals surface area contributed by atoms with Gasteiger partial charge in [-0.05, 0) is 6.42 Å². The second-order valence-corrected chi connectivity index (χ2v) is 3.03. The van der Waals surface area contributed by atoms with Crippen LogP contribution in [0.5, 0.6) is 0 Å². The van der Waals surface area contributed by atoms with Gasteiger partial charge in [0.2, 0.25) is 0 Å². The fourth-order valence-electron chi connectivity index (χ4n) is 0.958. The zero-order valence-electron chi connectivity index (χ0n) is 7.49. The molecule has 0 heterocycles. The Morgan fingerprint density at radius 3 is 1.93 bits per heavy atom. The van der Waals surface area contributed by atoms with E-state index in [4.69, 9.17) is 15.9 Å². The van der Waals surface area contributed by atoms with Crippen LogP contribution < -0.4 is 5.73 Å². The second kappa shape index (κ2) is 4.96. The summed E-state index contributed by atoms with van der Waals surface area (Å²) in [7, 11) is 0. The third kappa shape index (κ3) is 5.89. The Balaban J connectivity index is 4.42. The molecule has 2 atom stereocenters. The lowest BCUT2D eigenvalue weighted by atomic mass is 9.97. The van der Waals surface area contributed by atoms with E-state index in [1.807, 2.05) is 0 Å². The molecule has 0 rings (SSSR count). The molecule has 0 aromatic heterocycles. The number of halogens is 3. The molecule has 0 fully saturated rings. The average Bonchev–Trinajstić information content (AvgIpc) is 1.99. The quantitative estimate of drug-likeness (QED) is 0.635. The van der Waals surface area contributed by atoms with E-state index in [-0.39, 0.29) is 0 Å². The van der Waals surface area contributed by atoms with Crippen molar-refractivity contribution in [1.29, 1.82) is 0 Å². The summed E-state index contributed by atoms with van der Waals surface area (Å²) in [5.74, 6) is -5.05. The summed E-state index contributed by atoms with van der Waals surface area (Å²) in [6.45, 7) is 0. The first-order valence-corrected chi connectivity index (χ1v) is 3.91. The van der Waals surface area contributed by atoms with Gasteiger partial charge in [0.15, 0.2) is 0 Å². The van der Waals surface area contributed by atoms with Crippen molar-refractivity contribution in [3.63, 3.8) is 0 Å². The highest BCUT2D eigenvalue weighted by atomic mass is 19.4. The fourth-order valence-corrected chi connectivity index (χ4v) is 0.958. The van der Waals surface area contributed by atoms with Crippen molar-refractivity contribution in [3.05, 3.63) is 0 Å². The number of carboxylic acids is 2. The van der Waals surface area contributed by atoms with E-state index < -0.39 is 42.9 Å². The smallest absolute Gasteiger partial charge is 0.389 e. The molecule has 88 valence electrons. The Kier molecular flexibility index (Phi) is 4.53. The third-order valence-corrected chi connectivity index (χ3v) is 1.68. The molecule has 0 aromatic rings. The van der Waals surface area contributed by atoms with Gasteiger partial charge < -0.3 is 15.9 Å². The Hall–Kier alpha value is -1.31. The normalized spacial score (nSPS) is 15.7. The van der Waals surface area contributed by atoms with Crippen molar-refractivity contribution in [3.8, 4) is 0 Å². The highest BCUT2D eigenvalue weighted by molar-refractivity contribution is 5.75. The molecule has 1 unspecified atom stereocenters. The Morgan fingerprint density at radius 2 is 1.67 bits per heavy atom. The standard InChI is InChI=1S/C7H10F3NO4/c8-7(9,10)2-3(5(12)13)1-4(11)6(14)15/h3-4H,1-2,11H2,(H,12,13)(H,14,15)/t3?,4-/m0/s1. The Bertz CT molecular complexity index is 253. The molecule has 0 radical (unpaired) electrons. The molecule has 0 saturated heterocycles. The molecule has 0 bridgehead atoms. The van der Waals surface area contributed by atoms with Crippen LogP contribution in [-0.2, 0) is 9.59 Å². The van der Waals surface area contributed by atoms with Gasteiger partial charge in [-0.1, -0.05) is 0 Å². The van der Waals surface area contributed by atoms with Gasteiger partial charge in [-0.2, -0.15) is 13.2 Å². The lowest BCUT2D eigenvalue weighted by Gasteiger charge is -2.16. The first kappa shape index (κ1) is 13.7. The molecule has 0 spiro atoms. The van der Waals surface area contributed by atoms with Gasteiger partial charge in [0.1, 0.15) is 6.04 Å². The first-order chi connectivity index (χ1) is 6.63. The minimum absolute atomic E-state index is 0.746. The summed E-state index contributed by atoms with van der Waals surface area (Å²) in [4.78, 5) is 20.6. The molecule has 0 saturated carbocycles. The minimum atomic E-state index is -4.65. The Morgan fingerprint density at radius 1 is 1.20 bits per heavy atom. The van der Waals surface area contributed by atoms with E-state index in [2.05, 4.69) is 0 Å². The number of rotatable bonds is 5. The van der Waals surface area contributed by atoms with E-state index in [0.29, 0.717) is 0 Å².